The Hall–Kier alpha value is -1.86. The third kappa shape index (κ3) is 11.4. The monoisotopic (exact) mass is 326 g/mol. The molecule has 0 unspecified atom stereocenters. The Morgan fingerprint density at radius 2 is 1.65 bits per heavy atom. The lowest BCUT2D eigenvalue weighted by Crippen LogP contribution is -2.34. The summed E-state index contributed by atoms with van der Waals surface area (Å²) in [6.45, 7) is 8.18. The molecule has 0 fully saturated rings. The van der Waals surface area contributed by atoms with Gasteiger partial charge in [0.2, 0.25) is 0 Å². The van der Waals surface area contributed by atoms with Crippen molar-refractivity contribution < 1.29 is 23.7 Å². The molecule has 1 rings (SSSR count). The number of hydrogen-bond acceptors (Lipinski definition) is 6. The summed E-state index contributed by atoms with van der Waals surface area (Å²) in [6.07, 6.45) is 2.91. The van der Waals surface area contributed by atoms with Gasteiger partial charge in [0.15, 0.2) is 0 Å². The topological polar surface area (TPSA) is 78.9 Å². The average molecular weight is 326 g/mol. The molecule has 1 heterocycles. The quantitative estimate of drug-likeness (QED) is 0.663. The summed E-state index contributed by atoms with van der Waals surface area (Å²) in [5, 5.41) is 2.62. The van der Waals surface area contributed by atoms with E-state index in [0.29, 0.717) is 39.6 Å². The average Bonchev–Trinajstić information content (AvgIpc) is 2.48. The van der Waals surface area contributed by atoms with E-state index < -0.39 is 11.7 Å². The molecule has 0 saturated carbocycles. The van der Waals surface area contributed by atoms with E-state index in [1.807, 2.05) is 20.8 Å². The van der Waals surface area contributed by atoms with Crippen molar-refractivity contribution in [1.82, 2.24) is 10.3 Å². The van der Waals surface area contributed by atoms with Gasteiger partial charge in [-0.3, -0.25) is 4.98 Å². The molecule has 1 aromatic rings. The smallest absolute Gasteiger partial charge is 0.407 e. The Kier molecular flexibility index (Phi) is 9.01. The molecule has 0 aliphatic heterocycles. The number of amides is 1. The number of pyridine rings is 1. The van der Waals surface area contributed by atoms with Gasteiger partial charge in [0, 0.05) is 18.9 Å². The van der Waals surface area contributed by atoms with Crippen LogP contribution in [0.2, 0.25) is 0 Å². The van der Waals surface area contributed by atoms with Crippen LogP contribution in [0.4, 0.5) is 4.79 Å². The van der Waals surface area contributed by atoms with Crippen LogP contribution in [-0.2, 0) is 14.2 Å². The molecular formula is C16H26N2O5. The van der Waals surface area contributed by atoms with Gasteiger partial charge in [0.1, 0.15) is 18.0 Å². The van der Waals surface area contributed by atoms with E-state index in [9.17, 15) is 4.79 Å². The van der Waals surface area contributed by atoms with Gasteiger partial charge < -0.3 is 24.3 Å². The Bertz CT molecular complexity index is 434. The van der Waals surface area contributed by atoms with E-state index in [0.717, 1.165) is 5.75 Å². The Labute approximate surface area is 137 Å². The van der Waals surface area contributed by atoms with E-state index in [4.69, 9.17) is 18.9 Å². The Morgan fingerprint density at radius 1 is 1.04 bits per heavy atom. The molecule has 23 heavy (non-hydrogen) atoms. The van der Waals surface area contributed by atoms with Crippen LogP contribution in [0.25, 0.3) is 0 Å². The molecular weight excluding hydrogens is 300 g/mol. The van der Waals surface area contributed by atoms with Gasteiger partial charge >= 0.3 is 6.09 Å². The second-order valence-electron chi connectivity index (χ2n) is 5.68. The van der Waals surface area contributed by atoms with Gasteiger partial charge in [-0.2, -0.15) is 0 Å². The van der Waals surface area contributed by atoms with Crippen LogP contribution < -0.4 is 10.1 Å². The van der Waals surface area contributed by atoms with Crippen molar-refractivity contribution in [3.8, 4) is 5.75 Å². The second kappa shape index (κ2) is 10.8. The van der Waals surface area contributed by atoms with Gasteiger partial charge in [0.05, 0.1) is 26.4 Å². The van der Waals surface area contributed by atoms with Crippen molar-refractivity contribution in [2.24, 2.45) is 0 Å². The summed E-state index contributed by atoms with van der Waals surface area (Å²) < 4.78 is 21.3. The molecule has 0 saturated heterocycles. The summed E-state index contributed by atoms with van der Waals surface area (Å²) in [4.78, 5) is 15.3. The summed E-state index contributed by atoms with van der Waals surface area (Å²) in [6, 6.07) is 3.58. The van der Waals surface area contributed by atoms with Crippen molar-refractivity contribution in [2.45, 2.75) is 26.4 Å². The van der Waals surface area contributed by atoms with E-state index in [-0.39, 0.29) is 0 Å². The summed E-state index contributed by atoms with van der Waals surface area (Å²) in [5.74, 6) is 0.771. The zero-order chi connectivity index (χ0) is 17.0. The molecule has 1 N–H and O–H groups in total. The predicted molar refractivity (Wildman–Crippen MR) is 85.6 cm³/mol. The summed E-state index contributed by atoms with van der Waals surface area (Å²) >= 11 is 0. The lowest BCUT2D eigenvalue weighted by Gasteiger charge is -2.19. The maximum atomic E-state index is 11.4. The van der Waals surface area contributed by atoms with E-state index >= 15 is 0 Å². The Morgan fingerprint density at radius 3 is 2.30 bits per heavy atom. The van der Waals surface area contributed by atoms with Gasteiger partial charge in [0.25, 0.3) is 0 Å². The highest BCUT2D eigenvalue weighted by Gasteiger charge is 2.15. The van der Waals surface area contributed by atoms with E-state index in [1.165, 1.54) is 0 Å². The number of hydrogen-bond donors (Lipinski definition) is 1. The lowest BCUT2D eigenvalue weighted by atomic mass is 10.2. The van der Waals surface area contributed by atoms with Crippen LogP contribution >= 0.6 is 0 Å². The summed E-state index contributed by atoms with van der Waals surface area (Å²) in [5.41, 5.74) is -0.489. The fourth-order valence-electron chi connectivity index (χ4n) is 1.51. The number of rotatable bonds is 10. The summed E-state index contributed by atoms with van der Waals surface area (Å²) in [7, 11) is 0. The van der Waals surface area contributed by atoms with Gasteiger partial charge in [-0.15, -0.1) is 0 Å². The lowest BCUT2D eigenvalue weighted by molar-refractivity contribution is 0.0327. The number of carbonyl (C=O) groups excluding carboxylic acids is 1. The first-order valence-electron chi connectivity index (χ1n) is 7.62. The minimum atomic E-state index is -0.489. The molecule has 1 amide bonds. The van der Waals surface area contributed by atoms with Crippen LogP contribution in [-0.4, -0.2) is 56.3 Å². The molecule has 0 aromatic carbocycles. The minimum absolute atomic E-state index is 0.403. The molecule has 7 heteroatoms. The van der Waals surface area contributed by atoms with Crippen LogP contribution in [0, 0.1) is 0 Å². The SMILES string of the molecule is CC(C)(C)OC(=O)NCCOCCOCCOc1ccncc1. The van der Waals surface area contributed by atoms with Gasteiger partial charge in [-0.1, -0.05) is 0 Å². The zero-order valence-corrected chi connectivity index (χ0v) is 14.0. The maximum absolute atomic E-state index is 11.4. The van der Waals surface area contributed by atoms with Gasteiger partial charge in [-0.05, 0) is 32.9 Å². The molecule has 130 valence electrons. The molecule has 1 aromatic heterocycles. The molecule has 0 bridgehead atoms. The first-order valence-corrected chi connectivity index (χ1v) is 7.62. The number of aromatic nitrogens is 1. The molecule has 0 atom stereocenters. The van der Waals surface area contributed by atoms with Crippen molar-refractivity contribution >= 4 is 6.09 Å². The minimum Gasteiger partial charge on any atom is -0.491 e. The van der Waals surface area contributed by atoms with E-state index in [1.54, 1.807) is 24.5 Å². The van der Waals surface area contributed by atoms with Crippen LogP contribution in [0.15, 0.2) is 24.5 Å². The molecule has 0 aliphatic rings. The second-order valence-corrected chi connectivity index (χ2v) is 5.68. The zero-order valence-electron chi connectivity index (χ0n) is 14.0. The third-order valence-electron chi connectivity index (χ3n) is 2.43. The van der Waals surface area contributed by atoms with Crippen LogP contribution in [0.5, 0.6) is 5.75 Å². The fourth-order valence-corrected chi connectivity index (χ4v) is 1.51. The largest absolute Gasteiger partial charge is 0.491 e. The third-order valence-corrected chi connectivity index (χ3v) is 2.43. The first-order chi connectivity index (χ1) is 11.0. The highest BCUT2D eigenvalue weighted by Crippen LogP contribution is 2.06. The maximum Gasteiger partial charge on any atom is 0.407 e. The number of nitrogens with one attached hydrogen (secondary N) is 1. The number of carbonyl (C=O) groups is 1. The number of ether oxygens (including phenoxy) is 4. The highest BCUT2D eigenvalue weighted by atomic mass is 16.6. The van der Waals surface area contributed by atoms with Gasteiger partial charge in [-0.25, -0.2) is 4.79 Å². The molecule has 0 radical (unpaired) electrons. The normalized spacial score (nSPS) is 11.1. The standard InChI is InChI=1S/C16H26N2O5/c1-16(2,3)23-15(19)18-8-9-20-10-11-21-12-13-22-14-4-6-17-7-5-14/h4-7H,8-13H2,1-3H3,(H,18,19). The van der Waals surface area contributed by atoms with Crippen molar-refractivity contribution in [1.29, 1.82) is 0 Å². The van der Waals surface area contributed by atoms with Crippen LogP contribution in [0.3, 0.4) is 0 Å². The molecule has 0 aliphatic carbocycles. The highest BCUT2D eigenvalue weighted by molar-refractivity contribution is 5.67. The first kappa shape index (κ1) is 19.2. The van der Waals surface area contributed by atoms with E-state index in [2.05, 4.69) is 10.3 Å². The van der Waals surface area contributed by atoms with Crippen molar-refractivity contribution in [2.75, 3.05) is 39.6 Å². The van der Waals surface area contributed by atoms with Crippen molar-refractivity contribution in [3.63, 3.8) is 0 Å². The predicted octanol–water partition coefficient (Wildman–Crippen LogP) is 2.02. The molecule has 0 spiro atoms. The molecule has 7 nitrogen and oxygen atoms in total. The van der Waals surface area contributed by atoms with Crippen molar-refractivity contribution in [3.05, 3.63) is 24.5 Å². The number of alkyl carbamates (subject to hydrolysis) is 1. The number of nitrogens with zero attached hydrogens (tertiary/aromatic N) is 1. The fraction of sp³-hybridized carbons (Fsp3) is 0.625. The van der Waals surface area contributed by atoms with Crippen LogP contribution in [0.1, 0.15) is 20.8 Å². The Balaban J connectivity index is 1.86.